The molecule has 1 unspecified atom stereocenters. The van der Waals surface area contributed by atoms with E-state index in [0.717, 1.165) is 48.2 Å². The highest BCUT2D eigenvalue weighted by Crippen LogP contribution is 2.26. The molecule has 2 amide bonds. The number of amides is 2. The highest BCUT2D eigenvalue weighted by Gasteiger charge is 2.23. The van der Waals surface area contributed by atoms with Gasteiger partial charge in [-0.15, -0.1) is 0 Å². The summed E-state index contributed by atoms with van der Waals surface area (Å²) in [5.74, 6) is -0.123. The number of nitrogens with one attached hydrogen (secondary N) is 2. The number of aryl methyl sites for hydroxylation is 2. The molecule has 2 aromatic heterocycles. The van der Waals surface area contributed by atoms with Crippen molar-refractivity contribution in [3.63, 3.8) is 0 Å². The van der Waals surface area contributed by atoms with Crippen LogP contribution in [0.25, 0.3) is 22.6 Å². The van der Waals surface area contributed by atoms with Crippen molar-refractivity contribution in [3.05, 3.63) is 71.9 Å². The van der Waals surface area contributed by atoms with E-state index in [4.69, 9.17) is 4.98 Å². The number of imidazole rings is 1. The molecule has 2 N–H and O–H groups in total. The molecule has 0 saturated carbocycles. The number of pyridine rings is 1. The van der Waals surface area contributed by atoms with E-state index >= 15 is 0 Å². The number of hydrogen-bond donors (Lipinski definition) is 2. The summed E-state index contributed by atoms with van der Waals surface area (Å²) in [6, 6.07) is 14.7. The highest BCUT2D eigenvalue weighted by molar-refractivity contribution is 7.91. The van der Waals surface area contributed by atoms with Crippen LogP contribution in [0.5, 0.6) is 0 Å². The Labute approximate surface area is 235 Å². The van der Waals surface area contributed by atoms with Gasteiger partial charge in [0.15, 0.2) is 15.7 Å². The molecule has 40 heavy (non-hydrogen) atoms. The summed E-state index contributed by atoms with van der Waals surface area (Å²) in [5.41, 5.74) is 4.75. The molecular formula is C30H35N5O4S. The molecule has 4 aromatic rings. The molecule has 0 fully saturated rings. The second kappa shape index (κ2) is 12.4. The molecule has 0 aliphatic rings. The number of nitrogens with zero attached hydrogens (tertiary/aromatic N) is 3. The number of fused-ring (bicyclic) bond motifs is 1. The number of carbonyl (C=O) groups excluding carboxylic acids is 2. The molecule has 4 rings (SSSR count). The zero-order chi connectivity index (χ0) is 28.9. The van der Waals surface area contributed by atoms with Crippen molar-refractivity contribution in [3.8, 4) is 11.5 Å². The average molecular weight is 562 g/mol. The lowest BCUT2D eigenvalue weighted by Gasteiger charge is -2.18. The fourth-order valence-electron chi connectivity index (χ4n) is 4.53. The summed E-state index contributed by atoms with van der Waals surface area (Å²) in [4.78, 5) is 34.7. The normalized spacial score (nSPS) is 12.3. The third-order valence-corrected chi connectivity index (χ3v) is 8.46. The minimum absolute atomic E-state index is 0.0282. The Morgan fingerprint density at radius 1 is 1.00 bits per heavy atom. The second-order valence-electron chi connectivity index (χ2n) is 9.81. The van der Waals surface area contributed by atoms with Crippen LogP contribution in [0.2, 0.25) is 0 Å². The number of aromatic nitrogens is 3. The molecule has 0 radical (unpaired) electrons. The van der Waals surface area contributed by atoms with Crippen molar-refractivity contribution < 1.29 is 18.0 Å². The van der Waals surface area contributed by atoms with Gasteiger partial charge in [0, 0.05) is 13.5 Å². The number of carbonyl (C=O) groups is 2. The number of sulfone groups is 1. The van der Waals surface area contributed by atoms with E-state index in [1.165, 1.54) is 31.2 Å². The van der Waals surface area contributed by atoms with Crippen LogP contribution in [-0.4, -0.2) is 40.5 Å². The molecule has 0 spiro atoms. The monoisotopic (exact) mass is 561 g/mol. The van der Waals surface area contributed by atoms with Gasteiger partial charge in [-0.1, -0.05) is 44.9 Å². The van der Waals surface area contributed by atoms with E-state index < -0.39 is 27.7 Å². The Kier molecular flexibility index (Phi) is 8.99. The van der Waals surface area contributed by atoms with Gasteiger partial charge in [-0.2, -0.15) is 0 Å². The van der Waals surface area contributed by atoms with Crippen LogP contribution in [0, 0.1) is 6.92 Å². The van der Waals surface area contributed by atoms with Crippen LogP contribution in [0.4, 0.5) is 5.69 Å². The molecule has 2 aromatic carbocycles. The lowest BCUT2D eigenvalue weighted by atomic mass is 10.1. The number of anilines is 1. The number of hydrogen-bond acceptors (Lipinski definition) is 6. The van der Waals surface area contributed by atoms with Crippen molar-refractivity contribution in [2.24, 2.45) is 0 Å². The van der Waals surface area contributed by atoms with Gasteiger partial charge in [0.25, 0.3) is 5.91 Å². The predicted molar refractivity (Wildman–Crippen MR) is 157 cm³/mol. The van der Waals surface area contributed by atoms with E-state index in [9.17, 15) is 18.0 Å². The number of unbranched alkanes of at least 4 members (excludes halogenated alkanes) is 2. The Morgan fingerprint density at radius 2 is 1.75 bits per heavy atom. The first kappa shape index (κ1) is 28.9. The first-order valence-electron chi connectivity index (χ1n) is 13.5. The van der Waals surface area contributed by atoms with E-state index in [1.807, 2.05) is 18.2 Å². The smallest absolute Gasteiger partial charge is 0.251 e. The predicted octanol–water partition coefficient (Wildman–Crippen LogP) is 5.21. The van der Waals surface area contributed by atoms with Gasteiger partial charge in [-0.25, -0.2) is 13.4 Å². The molecule has 0 aliphatic heterocycles. The van der Waals surface area contributed by atoms with Crippen LogP contribution in [0.15, 0.2) is 65.7 Å². The van der Waals surface area contributed by atoms with Crippen LogP contribution in [0.3, 0.4) is 0 Å². The van der Waals surface area contributed by atoms with Crippen molar-refractivity contribution in [1.29, 1.82) is 0 Å². The van der Waals surface area contributed by atoms with Gasteiger partial charge in [-0.3, -0.25) is 14.6 Å². The molecule has 210 valence electrons. The maximum absolute atomic E-state index is 13.2. The standard InChI is InChI=1S/C30H35N5O4S/c1-5-7-8-17-35-27-18-20(3)9-15-25(27)34-29(35)26-16-12-23(19-31-26)33-30(37)28(32-21(4)36)22-10-13-24(14-11-22)40(38,39)6-2/h9-16,18-19,28H,5-8,17H2,1-4H3,(H,32,36)(H,33,37). The zero-order valence-corrected chi connectivity index (χ0v) is 24.1. The largest absolute Gasteiger partial charge is 0.341 e. The Morgan fingerprint density at radius 3 is 2.38 bits per heavy atom. The van der Waals surface area contributed by atoms with Crippen LogP contribution >= 0.6 is 0 Å². The first-order chi connectivity index (χ1) is 19.1. The lowest BCUT2D eigenvalue weighted by molar-refractivity contribution is -0.125. The summed E-state index contributed by atoms with van der Waals surface area (Å²) >= 11 is 0. The number of rotatable bonds is 11. The molecule has 0 aliphatic carbocycles. The van der Waals surface area contributed by atoms with Crippen molar-refractivity contribution in [2.45, 2.75) is 64.4 Å². The SMILES string of the molecule is CCCCCn1c(-c2ccc(NC(=O)C(NC(C)=O)c3ccc(S(=O)(=O)CC)cc3)cn2)nc2ccc(C)cc21. The summed E-state index contributed by atoms with van der Waals surface area (Å²) < 4.78 is 26.5. The molecule has 0 bridgehead atoms. The lowest BCUT2D eigenvalue weighted by Crippen LogP contribution is -2.35. The molecular weight excluding hydrogens is 526 g/mol. The maximum atomic E-state index is 13.2. The van der Waals surface area contributed by atoms with E-state index in [1.54, 1.807) is 19.2 Å². The maximum Gasteiger partial charge on any atom is 0.251 e. The van der Waals surface area contributed by atoms with E-state index in [2.05, 4.69) is 40.1 Å². The van der Waals surface area contributed by atoms with Gasteiger partial charge in [0.2, 0.25) is 5.91 Å². The molecule has 10 heteroatoms. The Hall–Kier alpha value is -4.05. The molecule has 2 heterocycles. The highest BCUT2D eigenvalue weighted by atomic mass is 32.2. The van der Waals surface area contributed by atoms with Crippen LogP contribution in [-0.2, 0) is 26.0 Å². The fourth-order valence-corrected chi connectivity index (χ4v) is 5.41. The molecule has 1 atom stereocenters. The minimum atomic E-state index is -3.38. The van der Waals surface area contributed by atoms with Gasteiger partial charge in [0.05, 0.1) is 33.6 Å². The summed E-state index contributed by atoms with van der Waals surface area (Å²) in [7, 11) is -3.38. The second-order valence-corrected chi connectivity index (χ2v) is 12.1. The topological polar surface area (TPSA) is 123 Å². The quantitative estimate of drug-likeness (QED) is 0.243. The van der Waals surface area contributed by atoms with Crippen LogP contribution < -0.4 is 10.6 Å². The average Bonchev–Trinajstić information content (AvgIpc) is 3.29. The van der Waals surface area contributed by atoms with Crippen molar-refractivity contribution in [1.82, 2.24) is 19.9 Å². The minimum Gasteiger partial charge on any atom is -0.341 e. The zero-order valence-electron chi connectivity index (χ0n) is 23.3. The van der Waals surface area contributed by atoms with Gasteiger partial charge in [0.1, 0.15) is 11.7 Å². The van der Waals surface area contributed by atoms with Gasteiger partial charge < -0.3 is 15.2 Å². The Bertz CT molecular complexity index is 1610. The first-order valence-corrected chi connectivity index (χ1v) is 15.1. The van der Waals surface area contributed by atoms with Gasteiger partial charge in [-0.05, 0) is 60.9 Å². The summed E-state index contributed by atoms with van der Waals surface area (Å²) in [6.45, 7) is 7.96. The summed E-state index contributed by atoms with van der Waals surface area (Å²) in [6.07, 6.45) is 4.84. The van der Waals surface area contributed by atoms with Crippen molar-refractivity contribution in [2.75, 3.05) is 11.1 Å². The van der Waals surface area contributed by atoms with Crippen molar-refractivity contribution >= 4 is 38.4 Å². The Balaban J connectivity index is 1.57. The van der Waals surface area contributed by atoms with E-state index in [-0.39, 0.29) is 10.6 Å². The molecule has 0 saturated heterocycles. The molecule has 9 nitrogen and oxygen atoms in total. The van der Waals surface area contributed by atoms with E-state index in [0.29, 0.717) is 16.9 Å². The summed E-state index contributed by atoms with van der Waals surface area (Å²) in [5, 5.41) is 5.45. The van der Waals surface area contributed by atoms with Crippen LogP contribution in [0.1, 0.15) is 57.2 Å². The number of benzene rings is 2. The third kappa shape index (κ3) is 6.56. The fraction of sp³-hybridized carbons (Fsp3) is 0.333. The van der Waals surface area contributed by atoms with Gasteiger partial charge >= 0.3 is 0 Å². The third-order valence-electron chi connectivity index (χ3n) is 6.71.